The zero-order chi connectivity index (χ0) is 16.3. The SMILES string of the molecule is Cc1cc(OCC(=O)Oc2cc(C)c(Cl)c(C)c2)ccc1Cl. The summed E-state index contributed by atoms with van der Waals surface area (Å²) in [5.41, 5.74) is 2.61. The predicted molar refractivity (Wildman–Crippen MR) is 88.2 cm³/mol. The van der Waals surface area contributed by atoms with E-state index in [1.807, 2.05) is 20.8 Å². The number of hydrogen-bond donors (Lipinski definition) is 0. The molecule has 0 radical (unpaired) electrons. The molecule has 0 spiro atoms. The fourth-order valence-electron chi connectivity index (χ4n) is 1.98. The topological polar surface area (TPSA) is 35.5 Å². The Hall–Kier alpha value is -1.71. The molecular weight excluding hydrogens is 323 g/mol. The average Bonchev–Trinajstić information content (AvgIpc) is 2.46. The van der Waals surface area contributed by atoms with Crippen LogP contribution in [0.1, 0.15) is 16.7 Å². The molecule has 0 aliphatic carbocycles. The van der Waals surface area contributed by atoms with Crippen LogP contribution in [0, 0.1) is 20.8 Å². The summed E-state index contributed by atoms with van der Waals surface area (Å²) in [4.78, 5) is 11.8. The molecule has 0 bridgehead atoms. The molecule has 0 N–H and O–H groups in total. The summed E-state index contributed by atoms with van der Waals surface area (Å²) < 4.78 is 10.7. The van der Waals surface area contributed by atoms with E-state index in [4.69, 9.17) is 32.7 Å². The largest absolute Gasteiger partial charge is 0.482 e. The molecule has 0 fully saturated rings. The van der Waals surface area contributed by atoms with Crippen molar-refractivity contribution in [3.8, 4) is 11.5 Å². The molecule has 2 rings (SSSR count). The molecule has 2 aromatic rings. The molecule has 2 aromatic carbocycles. The van der Waals surface area contributed by atoms with Gasteiger partial charge in [0.05, 0.1) is 0 Å². The van der Waals surface area contributed by atoms with Gasteiger partial charge in [-0.1, -0.05) is 23.2 Å². The van der Waals surface area contributed by atoms with Crippen molar-refractivity contribution in [3.05, 3.63) is 57.1 Å². The van der Waals surface area contributed by atoms with Crippen LogP contribution in [0.5, 0.6) is 11.5 Å². The van der Waals surface area contributed by atoms with Crippen molar-refractivity contribution in [2.24, 2.45) is 0 Å². The van der Waals surface area contributed by atoms with E-state index in [1.165, 1.54) is 0 Å². The van der Waals surface area contributed by atoms with Crippen molar-refractivity contribution >= 4 is 29.2 Å². The van der Waals surface area contributed by atoms with Crippen LogP contribution in [0.25, 0.3) is 0 Å². The van der Waals surface area contributed by atoms with E-state index >= 15 is 0 Å². The second-order valence-electron chi connectivity index (χ2n) is 5.04. The van der Waals surface area contributed by atoms with E-state index in [0.717, 1.165) is 16.7 Å². The molecule has 5 heteroatoms. The summed E-state index contributed by atoms with van der Waals surface area (Å²) in [7, 11) is 0. The van der Waals surface area contributed by atoms with Gasteiger partial charge in [0.2, 0.25) is 0 Å². The summed E-state index contributed by atoms with van der Waals surface area (Å²) in [6.45, 7) is 5.41. The normalized spacial score (nSPS) is 10.4. The molecule has 0 heterocycles. The maximum Gasteiger partial charge on any atom is 0.349 e. The Labute approximate surface area is 139 Å². The van der Waals surface area contributed by atoms with E-state index in [1.54, 1.807) is 30.3 Å². The van der Waals surface area contributed by atoms with Crippen LogP contribution in [0.4, 0.5) is 0 Å². The second-order valence-corrected chi connectivity index (χ2v) is 5.83. The number of hydrogen-bond acceptors (Lipinski definition) is 3. The summed E-state index contributed by atoms with van der Waals surface area (Å²) in [6, 6.07) is 8.65. The van der Waals surface area contributed by atoms with Gasteiger partial charge in [-0.2, -0.15) is 0 Å². The first kappa shape index (κ1) is 16.7. The summed E-state index contributed by atoms with van der Waals surface area (Å²) >= 11 is 12.0. The molecule has 0 aromatic heterocycles. The van der Waals surface area contributed by atoms with Crippen molar-refractivity contribution in [3.63, 3.8) is 0 Å². The molecule has 3 nitrogen and oxygen atoms in total. The number of benzene rings is 2. The Morgan fingerprint density at radius 2 is 1.55 bits per heavy atom. The third kappa shape index (κ3) is 4.15. The van der Waals surface area contributed by atoms with Crippen LogP contribution in [-0.4, -0.2) is 12.6 Å². The van der Waals surface area contributed by atoms with E-state index in [2.05, 4.69) is 0 Å². The van der Waals surface area contributed by atoms with Crippen LogP contribution in [0.15, 0.2) is 30.3 Å². The Morgan fingerprint density at radius 3 is 2.14 bits per heavy atom. The smallest absolute Gasteiger partial charge is 0.349 e. The lowest BCUT2D eigenvalue weighted by molar-refractivity contribution is -0.136. The summed E-state index contributed by atoms with van der Waals surface area (Å²) in [6.07, 6.45) is 0. The molecule has 0 saturated carbocycles. The van der Waals surface area contributed by atoms with Crippen molar-refractivity contribution in [2.45, 2.75) is 20.8 Å². The molecule has 0 aliphatic rings. The standard InChI is InChI=1S/C17H16Cl2O3/c1-10-6-13(4-5-15(10)18)21-9-16(20)22-14-7-11(2)17(19)12(3)8-14/h4-8H,9H2,1-3H3. The Morgan fingerprint density at radius 1 is 0.955 bits per heavy atom. The quantitative estimate of drug-likeness (QED) is 0.587. The fourth-order valence-corrected chi connectivity index (χ4v) is 2.20. The van der Waals surface area contributed by atoms with Gasteiger partial charge >= 0.3 is 5.97 Å². The molecule has 22 heavy (non-hydrogen) atoms. The van der Waals surface area contributed by atoms with Crippen molar-refractivity contribution < 1.29 is 14.3 Å². The van der Waals surface area contributed by atoms with Gasteiger partial charge in [-0.25, -0.2) is 4.79 Å². The highest BCUT2D eigenvalue weighted by atomic mass is 35.5. The highest BCUT2D eigenvalue weighted by Gasteiger charge is 2.10. The lowest BCUT2D eigenvalue weighted by Gasteiger charge is -2.10. The van der Waals surface area contributed by atoms with Crippen LogP contribution < -0.4 is 9.47 Å². The highest BCUT2D eigenvalue weighted by molar-refractivity contribution is 6.32. The highest BCUT2D eigenvalue weighted by Crippen LogP contribution is 2.26. The first-order valence-electron chi connectivity index (χ1n) is 6.73. The molecular formula is C17H16Cl2O3. The van der Waals surface area contributed by atoms with E-state index in [-0.39, 0.29) is 6.61 Å². The number of halogens is 2. The summed E-state index contributed by atoms with van der Waals surface area (Å²) in [5.74, 6) is 0.552. The van der Waals surface area contributed by atoms with Crippen molar-refractivity contribution in [2.75, 3.05) is 6.61 Å². The predicted octanol–water partition coefficient (Wildman–Crippen LogP) is 4.90. The van der Waals surface area contributed by atoms with E-state index < -0.39 is 5.97 Å². The van der Waals surface area contributed by atoms with Gasteiger partial charge in [0, 0.05) is 10.0 Å². The Kier molecular flexibility index (Phi) is 5.33. The van der Waals surface area contributed by atoms with Crippen molar-refractivity contribution in [1.29, 1.82) is 0 Å². The minimum Gasteiger partial charge on any atom is -0.482 e. The molecule has 0 unspecified atom stereocenters. The monoisotopic (exact) mass is 338 g/mol. The molecule has 0 saturated heterocycles. The van der Waals surface area contributed by atoms with Gasteiger partial charge in [0.15, 0.2) is 6.61 Å². The van der Waals surface area contributed by atoms with Gasteiger partial charge in [0.1, 0.15) is 11.5 Å². The van der Waals surface area contributed by atoms with Gasteiger partial charge in [-0.05, 0) is 67.8 Å². The zero-order valence-electron chi connectivity index (χ0n) is 12.6. The van der Waals surface area contributed by atoms with Crippen molar-refractivity contribution in [1.82, 2.24) is 0 Å². The lowest BCUT2D eigenvalue weighted by Crippen LogP contribution is -2.17. The zero-order valence-corrected chi connectivity index (χ0v) is 14.1. The third-order valence-electron chi connectivity index (χ3n) is 3.13. The van der Waals surface area contributed by atoms with Crippen LogP contribution in [0.2, 0.25) is 10.0 Å². The third-order valence-corrected chi connectivity index (χ3v) is 4.15. The first-order chi connectivity index (χ1) is 10.4. The van der Waals surface area contributed by atoms with Gasteiger partial charge in [-0.3, -0.25) is 0 Å². The summed E-state index contributed by atoms with van der Waals surface area (Å²) in [5, 5.41) is 1.33. The van der Waals surface area contributed by atoms with E-state index in [9.17, 15) is 4.79 Å². The Balaban J connectivity index is 1.97. The van der Waals surface area contributed by atoms with Crippen LogP contribution in [0.3, 0.4) is 0 Å². The maximum atomic E-state index is 11.8. The maximum absolute atomic E-state index is 11.8. The molecule has 0 atom stereocenters. The number of esters is 1. The van der Waals surface area contributed by atoms with Crippen LogP contribution in [-0.2, 0) is 4.79 Å². The minimum absolute atomic E-state index is 0.179. The number of carbonyl (C=O) groups excluding carboxylic acids is 1. The Bertz CT molecular complexity index is 688. The second kappa shape index (κ2) is 7.03. The number of aryl methyl sites for hydroxylation is 3. The molecule has 0 amide bonds. The minimum atomic E-state index is -0.478. The van der Waals surface area contributed by atoms with Gasteiger partial charge < -0.3 is 9.47 Å². The fraction of sp³-hybridized carbons (Fsp3) is 0.235. The number of carbonyl (C=O) groups is 1. The molecule has 116 valence electrons. The number of rotatable bonds is 4. The van der Waals surface area contributed by atoms with Crippen LogP contribution >= 0.6 is 23.2 Å². The molecule has 0 aliphatic heterocycles. The van der Waals surface area contributed by atoms with Gasteiger partial charge in [0.25, 0.3) is 0 Å². The first-order valence-corrected chi connectivity index (χ1v) is 7.49. The average molecular weight is 339 g/mol. The lowest BCUT2D eigenvalue weighted by atomic mass is 10.1. The van der Waals surface area contributed by atoms with Gasteiger partial charge in [-0.15, -0.1) is 0 Å². The number of ether oxygens (including phenoxy) is 2. The van der Waals surface area contributed by atoms with E-state index in [0.29, 0.717) is 21.5 Å².